The van der Waals surface area contributed by atoms with Crippen LogP contribution in [0.2, 0.25) is 0 Å². The monoisotopic (exact) mass is 573 g/mol. The van der Waals surface area contributed by atoms with Crippen molar-refractivity contribution < 1.29 is 14.5 Å². The number of hydrogen-bond donors (Lipinski definition) is 0. The fraction of sp³-hybridized carbons (Fsp3) is 0.222. The molecule has 0 N–H and O–H groups in total. The minimum absolute atomic E-state index is 0.00593. The zero-order valence-electron chi connectivity index (χ0n) is 24.9. The number of nitro benzene ring substituents is 1. The van der Waals surface area contributed by atoms with E-state index in [2.05, 4.69) is 6.92 Å². The Morgan fingerprint density at radius 3 is 2.26 bits per heavy atom. The van der Waals surface area contributed by atoms with Gasteiger partial charge in [-0.1, -0.05) is 55.5 Å². The summed E-state index contributed by atoms with van der Waals surface area (Å²) in [5, 5.41) is 11.1. The molecule has 0 saturated heterocycles. The molecule has 0 spiro atoms. The van der Waals surface area contributed by atoms with Crippen LogP contribution in [-0.4, -0.2) is 22.8 Å². The van der Waals surface area contributed by atoms with E-state index in [4.69, 9.17) is 0 Å². The third kappa shape index (κ3) is 5.97. The van der Waals surface area contributed by atoms with Gasteiger partial charge in [-0.3, -0.25) is 19.7 Å². The van der Waals surface area contributed by atoms with Crippen LogP contribution in [0.4, 0.5) is 17.1 Å². The molecule has 4 aromatic rings. The van der Waals surface area contributed by atoms with E-state index in [0.717, 1.165) is 34.5 Å². The predicted octanol–water partition coefficient (Wildman–Crippen LogP) is 8.00. The minimum Gasteiger partial charge on any atom is -0.305 e. The number of benzene rings is 4. The van der Waals surface area contributed by atoms with Gasteiger partial charge in [0.1, 0.15) is 0 Å². The van der Waals surface area contributed by atoms with Crippen LogP contribution in [0.5, 0.6) is 0 Å². The van der Waals surface area contributed by atoms with Crippen molar-refractivity contribution in [1.82, 2.24) is 0 Å². The molecule has 218 valence electrons. The molecule has 0 radical (unpaired) electrons. The molecule has 1 heterocycles. The van der Waals surface area contributed by atoms with Crippen LogP contribution in [0.3, 0.4) is 0 Å². The van der Waals surface area contributed by atoms with Gasteiger partial charge in [0.2, 0.25) is 0 Å². The lowest BCUT2D eigenvalue weighted by atomic mass is 9.87. The zero-order valence-corrected chi connectivity index (χ0v) is 24.9. The van der Waals surface area contributed by atoms with Gasteiger partial charge in [-0.25, -0.2) is 0 Å². The summed E-state index contributed by atoms with van der Waals surface area (Å²) in [6.45, 7) is 8.11. The maximum Gasteiger partial charge on any atom is 0.269 e. The summed E-state index contributed by atoms with van der Waals surface area (Å²) >= 11 is 0. The lowest BCUT2D eigenvalue weighted by Crippen LogP contribution is -2.48. The van der Waals surface area contributed by atoms with Gasteiger partial charge >= 0.3 is 0 Å². The van der Waals surface area contributed by atoms with Crippen LogP contribution >= 0.6 is 0 Å². The smallest absolute Gasteiger partial charge is 0.269 e. The summed E-state index contributed by atoms with van der Waals surface area (Å²) in [6.07, 6.45) is 4.64. The number of rotatable bonds is 7. The van der Waals surface area contributed by atoms with Gasteiger partial charge in [0.15, 0.2) is 0 Å². The molecule has 2 atom stereocenters. The first-order valence-corrected chi connectivity index (χ1v) is 14.5. The normalized spacial score (nSPS) is 16.1. The number of aryl methyl sites for hydroxylation is 3. The van der Waals surface area contributed by atoms with Gasteiger partial charge in [-0.2, -0.15) is 0 Å². The molecule has 5 rings (SSSR count). The second-order valence-corrected chi connectivity index (χ2v) is 11.0. The van der Waals surface area contributed by atoms with Crippen LogP contribution in [0, 0.1) is 24.0 Å². The topological polar surface area (TPSA) is 83.8 Å². The van der Waals surface area contributed by atoms with Crippen molar-refractivity contribution in [2.45, 2.75) is 52.6 Å². The van der Waals surface area contributed by atoms with Crippen molar-refractivity contribution in [3.63, 3.8) is 0 Å². The molecule has 0 saturated carbocycles. The van der Waals surface area contributed by atoms with Crippen molar-refractivity contribution in [2.75, 3.05) is 9.80 Å². The Hall–Kier alpha value is -5.04. The van der Waals surface area contributed by atoms with Crippen molar-refractivity contribution in [2.24, 2.45) is 0 Å². The number of amides is 2. The second-order valence-electron chi connectivity index (χ2n) is 11.0. The van der Waals surface area contributed by atoms with Crippen LogP contribution in [0.15, 0.2) is 97.1 Å². The highest BCUT2D eigenvalue weighted by atomic mass is 16.6. The molecule has 4 aromatic carbocycles. The summed E-state index contributed by atoms with van der Waals surface area (Å²) in [5.74, 6) is -0.275. The lowest BCUT2D eigenvalue weighted by molar-refractivity contribution is -0.384. The Balaban J connectivity index is 1.56. The standard InChI is InChI=1S/C36H35N3O4/c1-5-27-13-18-29(19-14-27)36(41)37-26(4)23-33(31-11-8-10-25(3)35(31)37)38(32-12-7-6-9-24(32)2)34(40)22-17-28-15-20-30(21-16-28)39(42)43/h6-22,26,33H,5,23H2,1-4H3. The van der Waals surface area contributed by atoms with Gasteiger partial charge in [0.25, 0.3) is 17.5 Å². The van der Waals surface area contributed by atoms with Crippen LogP contribution in [0.1, 0.15) is 64.5 Å². The molecule has 2 amide bonds. The molecule has 43 heavy (non-hydrogen) atoms. The molecular weight excluding hydrogens is 538 g/mol. The Morgan fingerprint density at radius 1 is 0.930 bits per heavy atom. The van der Waals surface area contributed by atoms with E-state index in [-0.39, 0.29) is 29.6 Å². The summed E-state index contributed by atoms with van der Waals surface area (Å²) in [5.41, 5.74) is 6.95. The van der Waals surface area contributed by atoms with Crippen molar-refractivity contribution >= 4 is 35.0 Å². The summed E-state index contributed by atoms with van der Waals surface area (Å²) in [6, 6.07) is 27.1. The molecular formula is C36H35N3O4. The number of nitro groups is 1. The number of anilines is 2. The molecule has 1 aliphatic rings. The quantitative estimate of drug-likeness (QED) is 0.127. The van der Waals surface area contributed by atoms with Crippen molar-refractivity contribution in [1.29, 1.82) is 0 Å². The molecule has 0 aliphatic carbocycles. The van der Waals surface area contributed by atoms with Crippen LogP contribution < -0.4 is 9.80 Å². The second kappa shape index (κ2) is 12.4. The van der Waals surface area contributed by atoms with Gasteiger partial charge in [-0.05, 0) is 97.8 Å². The number of nitrogens with zero attached hydrogens (tertiary/aromatic N) is 3. The molecule has 0 bridgehead atoms. The summed E-state index contributed by atoms with van der Waals surface area (Å²) in [4.78, 5) is 42.4. The lowest BCUT2D eigenvalue weighted by Gasteiger charge is -2.44. The average molecular weight is 574 g/mol. The maximum atomic E-state index is 14.1. The number of hydrogen-bond acceptors (Lipinski definition) is 4. The number of carbonyl (C=O) groups is 2. The molecule has 0 aromatic heterocycles. The Bertz CT molecular complexity index is 1690. The first kappa shape index (κ1) is 29.5. The maximum absolute atomic E-state index is 14.1. The highest BCUT2D eigenvalue weighted by Crippen LogP contribution is 2.45. The van der Waals surface area contributed by atoms with E-state index < -0.39 is 4.92 Å². The fourth-order valence-corrected chi connectivity index (χ4v) is 5.85. The Morgan fingerprint density at radius 2 is 1.60 bits per heavy atom. The van der Waals surface area contributed by atoms with E-state index in [1.54, 1.807) is 18.2 Å². The predicted molar refractivity (Wildman–Crippen MR) is 171 cm³/mol. The Kier molecular flexibility index (Phi) is 8.53. The highest BCUT2D eigenvalue weighted by Gasteiger charge is 2.39. The molecule has 2 unspecified atom stereocenters. The molecule has 7 heteroatoms. The van der Waals surface area contributed by atoms with E-state index in [9.17, 15) is 19.7 Å². The van der Waals surface area contributed by atoms with E-state index in [1.807, 2.05) is 97.3 Å². The molecule has 0 fully saturated rings. The average Bonchev–Trinajstić information content (AvgIpc) is 3.01. The number of para-hydroxylation sites is 2. The highest BCUT2D eigenvalue weighted by molar-refractivity contribution is 6.09. The van der Waals surface area contributed by atoms with Crippen molar-refractivity contribution in [3.8, 4) is 0 Å². The van der Waals surface area contributed by atoms with Gasteiger partial charge in [0.05, 0.1) is 16.7 Å². The van der Waals surface area contributed by atoms with Gasteiger partial charge in [-0.15, -0.1) is 0 Å². The minimum atomic E-state index is -0.448. The SMILES string of the molecule is CCc1ccc(C(=O)N2c3c(C)cccc3C(N(C(=O)C=Cc3ccc([N+](=O)[O-])cc3)c3ccccc3C)CC2C)cc1. The van der Waals surface area contributed by atoms with E-state index in [1.165, 1.54) is 23.8 Å². The Labute approximate surface area is 252 Å². The number of carbonyl (C=O) groups excluding carboxylic acids is 2. The van der Waals surface area contributed by atoms with E-state index in [0.29, 0.717) is 17.5 Å². The third-order valence-electron chi connectivity index (χ3n) is 8.15. The van der Waals surface area contributed by atoms with Gasteiger partial charge in [0, 0.05) is 35.5 Å². The summed E-state index contributed by atoms with van der Waals surface area (Å²) < 4.78 is 0. The third-order valence-corrected chi connectivity index (χ3v) is 8.15. The summed E-state index contributed by atoms with van der Waals surface area (Å²) in [7, 11) is 0. The van der Waals surface area contributed by atoms with Crippen LogP contribution in [-0.2, 0) is 11.2 Å². The van der Waals surface area contributed by atoms with Gasteiger partial charge < -0.3 is 9.80 Å². The van der Waals surface area contributed by atoms with E-state index >= 15 is 0 Å². The molecule has 7 nitrogen and oxygen atoms in total. The molecule has 1 aliphatic heterocycles. The van der Waals surface area contributed by atoms with Crippen molar-refractivity contribution in [3.05, 3.63) is 141 Å². The number of non-ortho nitro benzene ring substituents is 1. The largest absolute Gasteiger partial charge is 0.305 e. The fourth-order valence-electron chi connectivity index (χ4n) is 5.85. The van der Waals surface area contributed by atoms with Crippen LogP contribution in [0.25, 0.3) is 6.08 Å². The first-order valence-electron chi connectivity index (χ1n) is 14.5. The first-order chi connectivity index (χ1) is 20.7. The zero-order chi connectivity index (χ0) is 30.7. The number of fused-ring (bicyclic) bond motifs is 1.